The van der Waals surface area contributed by atoms with Crippen molar-refractivity contribution in [2.24, 2.45) is 0 Å². The van der Waals surface area contributed by atoms with Crippen LogP contribution in [0, 0.1) is 0 Å². The molecule has 1 aromatic carbocycles. The highest BCUT2D eigenvalue weighted by Gasteiger charge is 2.24. The first kappa shape index (κ1) is 14.4. The number of para-hydroxylation sites is 1. The van der Waals surface area contributed by atoms with Gasteiger partial charge < -0.3 is 15.1 Å². The van der Waals surface area contributed by atoms with Crippen LogP contribution in [0.3, 0.4) is 0 Å². The topological polar surface area (TPSA) is 18.5 Å². The van der Waals surface area contributed by atoms with E-state index in [9.17, 15) is 0 Å². The van der Waals surface area contributed by atoms with Gasteiger partial charge in [-0.3, -0.25) is 0 Å². The van der Waals surface area contributed by atoms with Gasteiger partial charge in [-0.15, -0.1) is 0 Å². The maximum Gasteiger partial charge on any atom is 0.0418 e. The average molecular weight is 261 g/mol. The largest absolute Gasteiger partial charge is 0.366 e. The maximum atomic E-state index is 3.43. The molecular weight excluding hydrogens is 234 g/mol. The Morgan fingerprint density at radius 2 is 2.05 bits per heavy atom. The van der Waals surface area contributed by atoms with E-state index in [-0.39, 0.29) is 0 Å². The SMILES string of the molecule is CCC(NC)c1ccccc1N1CCN(C)CC1C. The minimum atomic E-state index is 0.447. The Morgan fingerprint density at radius 1 is 1.32 bits per heavy atom. The Labute approximate surface area is 117 Å². The smallest absolute Gasteiger partial charge is 0.0418 e. The Kier molecular flexibility index (Phi) is 4.83. The molecule has 106 valence electrons. The minimum Gasteiger partial charge on any atom is -0.366 e. The lowest BCUT2D eigenvalue weighted by Crippen LogP contribution is -2.51. The molecule has 2 rings (SSSR count). The first-order chi connectivity index (χ1) is 9.17. The summed E-state index contributed by atoms with van der Waals surface area (Å²) in [5.74, 6) is 0. The second-order valence-electron chi connectivity index (χ2n) is 5.61. The van der Waals surface area contributed by atoms with E-state index in [2.05, 4.69) is 67.3 Å². The molecular formula is C16H27N3. The Bertz CT molecular complexity index is 401. The average Bonchev–Trinajstić information content (AvgIpc) is 2.41. The lowest BCUT2D eigenvalue weighted by molar-refractivity contribution is 0.275. The van der Waals surface area contributed by atoms with Gasteiger partial charge in [-0.05, 0) is 39.1 Å². The first-order valence-corrected chi connectivity index (χ1v) is 7.38. The summed E-state index contributed by atoms with van der Waals surface area (Å²) in [5, 5.41) is 3.43. The molecule has 0 saturated carbocycles. The van der Waals surface area contributed by atoms with Crippen molar-refractivity contribution < 1.29 is 0 Å². The van der Waals surface area contributed by atoms with E-state index in [1.807, 2.05) is 0 Å². The fourth-order valence-electron chi connectivity index (χ4n) is 3.12. The minimum absolute atomic E-state index is 0.447. The fraction of sp³-hybridized carbons (Fsp3) is 0.625. The number of likely N-dealkylation sites (N-methyl/N-ethyl adjacent to an activating group) is 1. The summed E-state index contributed by atoms with van der Waals surface area (Å²) in [6.45, 7) is 7.98. The van der Waals surface area contributed by atoms with Crippen LogP contribution in [0.5, 0.6) is 0 Å². The van der Waals surface area contributed by atoms with Gasteiger partial charge in [0.25, 0.3) is 0 Å². The molecule has 2 unspecified atom stereocenters. The standard InChI is InChI=1S/C16H27N3/c1-5-15(17-3)14-8-6-7-9-16(14)19-11-10-18(4)12-13(19)2/h6-9,13,15,17H,5,10-12H2,1-4H3. The van der Waals surface area contributed by atoms with Crippen LogP contribution in [0.25, 0.3) is 0 Å². The van der Waals surface area contributed by atoms with E-state index in [1.165, 1.54) is 11.3 Å². The second kappa shape index (κ2) is 6.40. The van der Waals surface area contributed by atoms with E-state index < -0.39 is 0 Å². The highest BCUT2D eigenvalue weighted by molar-refractivity contribution is 5.56. The number of rotatable bonds is 4. The van der Waals surface area contributed by atoms with Gasteiger partial charge in [0.05, 0.1) is 0 Å². The molecule has 0 aliphatic carbocycles. The monoisotopic (exact) mass is 261 g/mol. The van der Waals surface area contributed by atoms with E-state index in [0.717, 1.165) is 26.1 Å². The van der Waals surface area contributed by atoms with Gasteiger partial charge in [0.15, 0.2) is 0 Å². The zero-order valence-corrected chi connectivity index (χ0v) is 12.7. The van der Waals surface area contributed by atoms with Crippen molar-refractivity contribution in [3.63, 3.8) is 0 Å². The molecule has 19 heavy (non-hydrogen) atoms. The number of benzene rings is 1. The van der Waals surface area contributed by atoms with Crippen LogP contribution in [0.2, 0.25) is 0 Å². The molecule has 1 saturated heterocycles. The van der Waals surface area contributed by atoms with Gasteiger partial charge in [-0.2, -0.15) is 0 Å². The van der Waals surface area contributed by atoms with Crippen LogP contribution in [-0.2, 0) is 0 Å². The zero-order chi connectivity index (χ0) is 13.8. The summed E-state index contributed by atoms with van der Waals surface area (Å²) < 4.78 is 0. The summed E-state index contributed by atoms with van der Waals surface area (Å²) in [7, 11) is 4.26. The molecule has 0 spiro atoms. The van der Waals surface area contributed by atoms with Crippen molar-refractivity contribution in [2.45, 2.75) is 32.4 Å². The van der Waals surface area contributed by atoms with Crippen molar-refractivity contribution in [3.05, 3.63) is 29.8 Å². The number of nitrogens with one attached hydrogen (secondary N) is 1. The summed E-state index contributed by atoms with van der Waals surface area (Å²) in [6, 6.07) is 9.88. The van der Waals surface area contributed by atoms with Crippen molar-refractivity contribution in [3.8, 4) is 0 Å². The van der Waals surface area contributed by atoms with Crippen LogP contribution < -0.4 is 10.2 Å². The fourth-order valence-corrected chi connectivity index (χ4v) is 3.12. The van der Waals surface area contributed by atoms with E-state index in [0.29, 0.717) is 12.1 Å². The second-order valence-corrected chi connectivity index (χ2v) is 5.61. The van der Waals surface area contributed by atoms with Crippen molar-refractivity contribution in [1.82, 2.24) is 10.2 Å². The number of hydrogen-bond donors (Lipinski definition) is 1. The van der Waals surface area contributed by atoms with E-state index >= 15 is 0 Å². The quantitative estimate of drug-likeness (QED) is 0.898. The van der Waals surface area contributed by atoms with Crippen molar-refractivity contribution in [1.29, 1.82) is 0 Å². The molecule has 0 radical (unpaired) electrons. The summed E-state index contributed by atoms with van der Waals surface area (Å²) in [4.78, 5) is 4.98. The third-order valence-corrected chi connectivity index (χ3v) is 4.21. The summed E-state index contributed by atoms with van der Waals surface area (Å²) in [5.41, 5.74) is 2.84. The molecule has 1 N–H and O–H groups in total. The molecule has 1 heterocycles. The van der Waals surface area contributed by atoms with Crippen LogP contribution in [0.1, 0.15) is 31.9 Å². The molecule has 2 atom stereocenters. The number of nitrogens with zero attached hydrogens (tertiary/aromatic N) is 2. The van der Waals surface area contributed by atoms with E-state index in [4.69, 9.17) is 0 Å². The van der Waals surface area contributed by atoms with Crippen LogP contribution in [0.15, 0.2) is 24.3 Å². The predicted octanol–water partition coefficient (Wildman–Crippen LogP) is 2.50. The normalized spacial score (nSPS) is 22.5. The lowest BCUT2D eigenvalue weighted by Gasteiger charge is -2.41. The van der Waals surface area contributed by atoms with Gasteiger partial charge in [-0.25, -0.2) is 0 Å². The van der Waals surface area contributed by atoms with Gasteiger partial charge in [-0.1, -0.05) is 25.1 Å². The Morgan fingerprint density at radius 3 is 2.68 bits per heavy atom. The summed E-state index contributed by atoms with van der Waals surface area (Å²) >= 11 is 0. The summed E-state index contributed by atoms with van der Waals surface area (Å²) in [6.07, 6.45) is 1.12. The van der Waals surface area contributed by atoms with Crippen molar-refractivity contribution in [2.75, 3.05) is 38.6 Å². The number of piperazine rings is 1. The van der Waals surface area contributed by atoms with Gasteiger partial charge in [0, 0.05) is 37.4 Å². The van der Waals surface area contributed by atoms with Crippen molar-refractivity contribution >= 4 is 5.69 Å². The third kappa shape index (κ3) is 3.10. The number of anilines is 1. The van der Waals surface area contributed by atoms with Crippen LogP contribution >= 0.6 is 0 Å². The lowest BCUT2D eigenvalue weighted by atomic mass is 10.00. The molecule has 0 aromatic heterocycles. The molecule has 0 bridgehead atoms. The Hall–Kier alpha value is -1.06. The molecule has 3 nitrogen and oxygen atoms in total. The van der Waals surface area contributed by atoms with Gasteiger partial charge >= 0.3 is 0 Å². The number of hydrogen-bond acceptors (Lipinski definition) is 3. The first-order valence-electron chi connectivity index (χ1n) is 7.38. The van der Waals surface area contributed by atoms with E-state index in [1.54, 1.807) is 0 Å². The Balaban J connectivity index is 2.29. The molecule has 1 fully saturated rings. The maximum absolute atomic E-state index is 3.43. The zero-order valence-electron chi connectivity index (χ0n) is 12.7. The molecule has 3 heteroatoms. The highest BCUT2D eigenvalue weighted by atomic mass is 15.3. The van der Waals surface area contributed by atoms with Gasteiger partial charge in [0.1, 0.15) is 0 Å². The molecule has 0 amide bonds. The van der Waals surface area contributed by atoms with Crippen LogP contribution in [0.4, 0.5) is 5.69 Å². The molecule has 1 aliphatic heterocycles. The molecule has 1 aromatic rings. The third-order valence-electron chi connectivity index (χ3n) is 4.21. The highest BCUT2D eigenvalue weighted by Crippen LogP contribution is 2.30. The molecule has 1 aliphatic rings. The van der Waals surface area contributed by atoms with Crippen LogP contribution in [-0.4, -0.2) is 44.7 Å². The van der Waals surface area contributed by atoms with Gasteiger partial charge in [0.2, 0.25) is 0 Å². The predicted molar refractivity (Wildman–Crippen MR) is 82.8 cm³/mol.